The molecule has 0 atom stereocenters. The Balaban J connectivity index is 1.56. The number of hydrogen-bond acceptors (Lipinski definition) is 3. The molecule has 3 rings (SSSR count). The molecule has 1 N–H and O–H groups in total. The fourth-order valence-corrected chi connectivity index (χ4v) is 2.55. The summed E-state index contributed by atoms with van der Waals surface area (Å²) in [4.78, 5) is 25.2. The molecule has 1 saturated heterocycles. The van der Waals surface area contributed by atoms with E-state index in [1.807, 2.05) is 49.4 Å². The van der Waals surface area contributed by atoms with Gasteiger partial charge in [-0.1, -0.05) is 30.0 Å². The lowest BCUT2D eigenvalue weighted by atomic mass is 10.1. The van der Waals surface area contributed by atoms with Crippen LogP contribution in [-0.2, 0) is 4.74 Å². The van der Waals surface area contributed by atoms with Gasteiger partial charge >= 0.3 is 6.09 Å². The van der Waals surface area contributed by atoms with Crippen molar-refractivity contribution < 1.29 is 14.3 Å². The summed E-state index contributed by atoms with van der Waals surface area (Å²) >= 11 is 0. The maximum atomic E-state index is 12.1. The van der Waals surface area contributed by atoms with Gasteiger partial charge in [-0.25, -0.2) is 4.79 Å². The molecule has 0 unspecified atom stereocenters. The smallest absolute Gasteiger partial charge is 0.414 e. The average Bonchev–Trinajstić information content (AvgIpc) is 3.05. The molecule has 0 bridgehead atoms. The second-order valence-corrected chi connectivity index (χ2v) is 5.61. The lowest BCUT2D eigenvalue weighted by Gasteiger charge is -2.11. The number of ether oxygens (including phenoxy) is 1. The summed E-state index contributed by atoms with van der Waals surface area (Å²) in [7, 11) is 0. The maximum Gasteiger partial charge on any atom is 0.414 e. The summed E-state index contributed by atoms with van der Waals surface area (Å²) in [6, 6.07) is 14.8. The van der Waals surface area contributed by atoms with E-state index in [4.69, 9.17) is 4.74 Å². The van der Waals surface area contributed by atoms with Gasteiger partial charge in [-0.3, -0.25) is 9.69 Å². The van der Waals surface area contributed by atoms with Gasteiger partial charge in [-0.05, 0) is 42.8 Å². The summed E-state index contributed by atoms with van der Waals surface area (Å²) in [5.41, 5.74) is 3.21. The number of amides is 2. The lowest BCUT2D eigenvalue weighted by molar-refractivity contribution is 0.0958. The molecule has 1 aliphatic rings. The number of aryl methyl sites for hydroxylation is 1. The van der Waals surface area contributed by atoms with Crippen molar-refractivity contribution in [1.29, 1.82) is 0 Å². The Morgan fingerprint density at radius 1 is 1.20 bits per heavy atom. The minimum Gasteiger partial charge on any atom is -0.447 e. The molecular weight excluding hydrogens is 316 g/mol. The van der Waals surface area contributed by atoms with Gasteiger partial charge in [0.1, 0.15) is 6.61 Å². The van der Waals surface area contributed by atoms with Crippen molar-refractivity contribution in [2.24, 2.45) is 0 Å². The first-order chi connectivity index (χ1) is 12.1. The zero-order valence-corrected chi connectivity index (χ0v) is 13.9. The third kappa shape index (κ3) is 3.99. The molecule has 126 valence electrons. The molecule has 2 amide bonds. The topological polar surface area (TPSA) is 58.6 Å². The van der Waals surface area contributed by atoms with Crippen molar-refractivity contribution in [3.05, 3.63) is 65.2 Å². The molecular formula is C20H18N2O3. The second kappa shape index (κ2) is 7.54. The fraction of sp³-hybridized carbons (Fsp3) is 0.200. The van der Waals surface area contributed by atoms with Crippen molar-refractivity contribution in [2.45, 2.75) is 6.92 Å². The van der Waals surface area contributed by atoms with Gasteiger partial charge in [-0.2, -0.15) is 0 Å². The van der Waals surface area contributed by atoms with E-state index in [1.165, 1.54) is 0 Å². The van der Waals surface area contributed by atoms with Crippen LogP contribution < -0.4 is 10.2 Å². The number of benzene rings is 2. The van der Waals surface area contributed by atoms with Gasteiger partial charge in [0.15, 0.2) is 0 Å². The molecule has 1 fully saturated rings. The molecule has 5 nitrogen and oxygen atoms in total. The van der Waals surface area contributed by atoms with Gasteiger partial charge in [0.2, 0.25) is 0 Å². The van der Waals surface area contributed by atoms with E-state index in [9.17, 15) is 9.59 Å². The van der Waals surface area contributed by atoms with Gasteiger partial charge in [0.05, 0.1) is 13.1 Å². The Hall–Kier alpha value is -3.26. The van der Waals surface area contributed by atoms with Crippen LogP contribution in [0.5, 0.6) is 0 Å². The zero-order valence-electron chi connectivity index (χ0n) is 13.9. The highest BCUT2D eigenvalue weighted by molar-refractivity contribution is 5.95. The molecule has 1 aliphatic heterocycles. The van der Waals surface area contributed by atoms with E-state index < -0.39 is 0 Å². The number of carbonyl (C=O) groups excluding carboxylic acids is 2. The molecule has 25 heavy (non-hydrogen) atoms. The summed E-state index contributed by atoms with van der Waals surface area (Å²) < 4.78 is 4.92. The number of carbonyl (C=O) groups is 2. The van der Waals surface area contributed by atoms with Crippen LogP contribution in [0.1, 0.15) is 21.5 Å². The van der Waals surface area contributed by atoms with Gasteiger partial charge in [0.25, 0.3) is 5.91 Å². The van der Waals surface area contributed by atoms with Crippen LogP contribution in [0, 0.1) is 18.8 Å². The van der Waals surface area contributed by atoms with E-state index in [0.717, 1.165) is 16.8 Å². The molecule has 0 aromatic heterocycles. The largest absolute Gasteiger partial charge is 0.447 e. The minimum absolute atomic E-state index is 0.129. The minimum atomic E-state index is -0.322. The summed E-state index contributed by atoms with van der Waals surface area (Å²) in [5.74, 6) is 5.80. The third-order valence-electron chi connectivity index (χ3n) is 3.90. The maximum absolute atomic E-state index is 12.1. The number of nitrogens with one attached hydrogen (secondary N) is 1. The van der Waals surface area contributed by atoms with Crippen LogP contribution >= 0.6 is 0 Å². The van der Waals surface area contributed by atoms with Crippen LogP contribution in [0.15, 0.2) is 48.5 Å². The molecule has 5 heteroatoms. The fourth-order valence-electron chi connectivity index (χ4n) is 2.55. The Morgan fingerprint density at radius 2 is 1.96 bits per heavy atom. The number of anilines is 1. The van der Waals surface area contributed by atoms with Crippen LogP contribution in [0.3, 0.4) is 0 Å². The van der Waals surface area contributed by atoms with Crippen molar-refractivity contribution in [3.63, 3.8) is 0 Å². The highest BCUT2D eigenvalue weighted by Gasteiger charge is 2.23. The van der Waals surface area contributed by atoms with Gasteiger partial charge < -0.3 is 10.1 Å². The molecule has 2 aromatic rings. The lowest BCUT2D eigenvalue weighted by Crippen LogP contribution is -2.24. The average molecular weight is 334 g/mol. The molecule has 0 saturated carbocycles. The van der Waals surface area contributed by atoms with Gasteiger partial charge in [-0.15, -0.1) is 0 Å². The monoisotopic (exact) mass is 334 g/mol. The Bertz CT molecular complexity index is 847. The first-order valence-corrected chi connectivity index (χ1v) is 8.02. The van der Waals surface area contributed by atoms with E-state index in [0.29, 0.717) is 18.7 Å². The second-order valence-electron chi connectivity index (χ2n) is 5.61. The van der Waals surface area contributed by atoms with Gasteiger partial charge in [0, 0.05) is 16.8 Å². The Morgan fingerprint density at radius 3 is 2.64 bits per heavy atom. The molecule has 2 aromatic carbocycles. The normalized spacial score (nSPS) is 13.0. The first kappa shape index (κ1) is 16.6. The van der Waals surface area contributed by atoms with Crippen molar-refractivity contribution in [3.8, 4) is 11.8 Å². The van der Waals surface area contributed by atoms with Crippen molar-refractivity contribution in [2.75, 3.05) is 24.6 Å². The SMILES string of the molecule is Cc1ccccc1C(=O)NCC#Cc1ccc(N2CCOC2=O)cc1. The van der Waals surface area contributed by atoms with Crippen LogP contribution in [0.4, 0.5) is 10.5 Å². The predicted molar refractivity (Wildman–Crippen MR) is 95.5 cm³/mol. The van der Waals surface area contributed by atoms with E-state index in [1.54, 1.807) is 11.0 Å². The van der Waals surface area contributed by atoms with Crippen molar-refractivity contribution >= 4 is 17.7 Å². The predicted octanol–water partition coefficient (Wildman–Crippen LogP) is 2.73. The molecule has 0 radical (unpaired) electrons. The quantitative estimate of drug-likeness (QED) is 0.878. The molecule has 0 aliphatic carbocycles. The number of nitrogens with zero attached hydrogens (tertiary/aromatic N) is 1. The van der Waals surface area contributed by atoms with Crippen LogP contribution in [0.2, 0.25) is 0 Å². The summed E-state index contributed by atoms with van der Waals surface area (Å²) in [5, 5.41) is 2.79. The van der Waals surface area contributed by atoms with Crippen LogP contribution in [0.25, 0.3) is 0 Å². The third-order valence-corrected chi connectivity index (χ3v) is 3.90. The zero-order chi connectivity index (χ0) is 17.6. The Kier molecular flexibility index (Phi) is 5.00. The van der Waals surface area contributed by atoms with E-state index in [-0.39, 0.29) is 18.5 Å². The summed E-state index contributed by atoms with van der Waals surface area (Å²) in [6.07, 6.45) is -0.322. The standard InChI is InChI=1S/C20H18N2O3/c1-15-5-2-3-7-18(15)19(23)21-12-4-6-16-8-10-17(11-9-16)22-13-14-25-20(22)24/h2-3,5,7-11H,12-14H2,1H3,(H,21,23). The molecule has 1 heterocycles. The number of cyclic esters (lactones) is 1. The number of rotatable bonds is 3. The summed E-state index contributed by atoms with van der Waals surface area (Å²) in [6.45, 7) is 3.15. The van der Waals surface area contributed by atoms with Crippen LogP contribution in [-0.4, -0.2) is 31.7 Å². The highest BCUT2D eigenvalue weighted by atomic mass is 16.6. The Labute approximate surface area is 146 Å². The first-order valence-electron chi connectivity index (χ1n) is 8.02. The van der Waals surface area contributed by atoms with E-state index >= 15 is 0 Å². The molecule has 0 spiro atoms. The highest BCUT2D eigenvalue weighted by Crippen LogP contribution is 2.18. The van der Waals surface area contributed by atoms with Crippen molar-refractivity contribution in [1.82, 2.24) is 5.32 Å². The number of hydrogen-bond donors (Lipinski definition) is 1. The van der Waals surface area contributed by atoms with E-state index in [2.05, 4.69) is 17.2 Å².